The Kier molecular flexibility index (Phi) is 10.0. The van der Waals surface area contributed by atoms with E-state index in [9.17, 15) is 9.59 Å². The Balaban J connectivity index is 3.25. The number of carboxylic acids is 1. The molecular weight excluding hydrogens is 240 g/mol. The third-order valence-corrected chi connectivity index (χ3v) is 3.03. The molecule has 1 N–H and O–H groups in total. The molecule has 0 aliphatic carbocycles. The van der Waals surface area contributed by atoms with Crippen LogP contribution in [0.25, 0.3) is 0 Å². The van der Waals surface area contributed by atoms with Crippen molar-refractivity contribution in [2.75, 3.05) is 18.1 Å². The molecule has 0 bridgehead atoms. The second kappa shape index (κ2) is 10.4. The Morgan fingerprint density at radius 3 is 2.47 bits per heavy atom. The Labute approximate surface area is 107 Å². The number of carbonyl (C=O) groups is 2. The van der Waals surface area contributed by atoms with E-state index in [1.807, 2.05) is 0 Å². The maximum Gasteiger partial charge on any atom is 0.315 e. The van der Waals surface area contributed by atoms with Crippen LogP contribution in [0.15, 0.2) is 0 Å². The number of ether oxygens (including phenoxy) is 1. The monoisotopic (exact) mass is 262 g/mol. The molecule has 0 unspecified atom stereocenters. The van der Waals surface area contributed by atoms with Crippen molar-refractivity contribution >= 4 is 23.7 Å². The number of esters is 1. The molecule has 0 fully saturated rings. The molecule has 0 saturated carbocycles. The highest BCUT2D eigenvalue weighted by Gasteiger charge is 2.05. The van der Waals surface area contributed by atoms with Gasteiger partial charge in [0.2, 0.25) is 0 Å². The van der Waals surface area contributed by atoms with E-state index in [4.69, 9.17) is 9.84 Å². The molecule has 0 aromatic rings. The quantitative estimate of drug-likeness (QED) is 0.484. The number of aliphatic carboxylic acids is 1. The molecule has 0 radical (unpaired) electrons. The lowest BCUT2D eigenvalue weighted by Crippen LogP contribution is -2.10. The van der Waals surface area contributed by atoms with Crippen molar-refractivity contribution in [3.05, 3.63) is 0 Å². The molecule has 0 aromatic heterocycles. The Morgan fingerprint density at radius 2 is 1.88 bits per heavy atom. The van der Waals surface area contributed by atoms with Crippen molar-refractivity contribution in [2.24, 2.45) is 5.92 Å². The van der Waals surface area contributed by atoms with Gasteiger partial charge in [-0.15, -0.1) is 11.8 Å². The van der Waals surface area contributed by atoms with Crippen LogP contribution in [0.5, 0.6) is 0 Å². The van der Waals surface area contributed by atoms with Crippen LogP contribution in [0.3, 0.4) is 0 Å². The highest BCUT2D eigenvalue weighted by molar-refractivity contribution is 8.00. The van der Waals surface area contributed by atoms with Gasteiger partial charge in [0.05, 0.1) is 18.1 Å². The van der Waals surface area contributed by atoms with E-state index in [2.05, 4.69) is 13.8 Å². The molecule has 0 heterocycles. The topological polar surface area (TPSA) is 63.6 Å². The first-order valence-electron chi connectivity index (χ1n) is 5.97. The summed E-state index contributed by atoms with van der Waals surface area (Å²) in [6, 6.07) is 0. The molecule has 0 aromatic carbocycles. The van der Waals surface area contributed by atoms with Crippen molar-refractivity contribution in [3.8, 4) is 0 Å². The summed E-state index contributed by atoms with van der Waals surface area (Å²) in [5, 5.41) is 8.37. The largest absolute Gasteiger partial charge is 0.481 e. The third-order valence-electron chi connectivity index (χ3n) is 2.13. The molecule has 5 heteroatoms. The second-order valence-electron chi connectivity index (χ2n) is 4.35. The number of hydrogen-bond donors (Lipinski definition) is 1. The van der Waals surface area contributed by atoms with Crippen molar-refractivity contribution in [1.82, 2.24) is 0 Å². The fourth-order valence-corrected chi connectivity index (χ4v) is 1.81. The zero-order chi connectivity index (χ0) is 13.1. The molecule has 0 atom stereocenters. The zero-order valence-electron chi connectivity index (χ0n) is 10.6. The number of carboxylic acid groups (broad SMARTS) is 1. The van der Waals surface area contributed by atoms with Crippen LogP contribution in [-0.4, -0.2) is 35.2 Å². The fourth-order valence-electron chi connectivity index (χ4n) is 1.28. The molecule has 0 aliphatic rings. The first kappa shape index (κ1) is 16.3. The van der Waals surface area contributed by atoms with Gasteiger partial charge < -0.3 is 9.84 Å². The lowest BCUT2D eigenvalue weighted by molar-refractivity contribution is -0.140. The minimum Gasteiger partial charge on any atom is -0.481 e. The molecule has 0 spiro atoms. The number of unbranched alkanes of at least 4 members (excludes halogenated alkanes) is 2. The van der Waals surface area contributed by atoms with Gasteiger partial charge in [-0.25, -0.2) is 0 Å². The summed E-state index contributed by atoms with van der Waals surface area (Å²) < 4.78 is 4.98. The lowest BCUT2D eigenvalue weighted by Gasteiger charge is -2.05. The summed E-state index contributed by atoms with van der Waals surface area (Å²) >= 11 is 1.07. The minimum atomic E-state index is -0.906. The van der Waals surface area contributed by atoms with E-state index >= 15 is 0 Å². The summed E-state index contributed by atoms with van der Waals surface area (Å²) in [7, 11) is 0. The van der Waals surface area contributed by atoms with Crippen molar-refractivity contribution < 1.29 is 19.4 Å². The van der Waals surface area contributed by atoms with Crippen molar-refractivity contribution in [1.29, 1.82) is 0 Å². The number of hydrogen-bond acceptors (Lipinski definition) is 4. The Morgan fingerprint density at radius 1 is 1.18 bits per heavy atom. The van der Waals surface area contributed by atoms with Crippen LogP contribution in [0, 0.1) is 5.92 Å². The van der Waals surface area contributed by atoms with Gasteiger partial charge in [-0.1, -0.05) is 33.1 Å². The van der Waals surface area contributed by atoms with Gasteiger partial charge >= 0.3 is 11.9 Å². The van der Waals surface area contributed by atoms with E-state index in [1.54, 1.807) is 0 Å². The van der Waals surface area contributed by atoms with Crippen LogP contribution in [0.2, 0.25) is 0 Å². The average Bonchev–Trinajstić information content (AvgIpc) is 2.22. The van der Waals surface area contributed by atoms with Crippen LogP contribution in [0.1, 0.15) is 39.5 Å². The summed E-state index contributed by atoms with van der Waals surface area (Å²) in [4.78, 5) is 21.3. The SMILES string of the molecule is CC(C)CCCCCOC(=O)CSCC(=O)O. The van der Waals surface area contributed by atoms with E-state index in [0.29, 0.717) is 6.61 Å². The molecule has 17 heavy (non-hydrogen) atoms. The number of carbonyl (C=O) groups excluding carboxylic acids is 1. The predicted molar refractivity (Wildman–Crippen MR) is 69.2 cm³/mol. The highest BCUT2D eigenvalue weighted by Crippen LogP contribution is 2.08. The normalized spacial score (nSPS) is 10.5. The molecule has 4 nitrogen and oxygen atoms in total. The van der Waals surface area contributed by atoms with E-state index in [0.717, 1.165) is 30.5 Å². The minimum absolute atomic E-state index is 0.0521. The second-order valence-corrected chi connectivity index (χ2v) is 5.34. The summed E-state index contributed by atoms with van der Waals surface area (Å²) in [5.41, 5.74) is 0. The van der Waals surface area contributed by atoms with Crippen molar-refractivity contribution in [2.45, 2.75) is 39.5 Å². The van der Waals surface area contributed by atoms with Crippen LogP contribution in [-0.2, 0) is 14.3 Å². The molecular formula is C12H22O4S. The summed E-state index contributed by atoms with van der Waals surface area (Å²) in [6.07, 6.45) is 4.35. The first-order chi connectivity index (χ1) is 8.02. The van der Waals surface area contributed by atoms with Gasteiger partial charge in [0.15, 0.2) is 0 Å². The first-order valence-corrected chi connectivity index (χ1v) is 7.13. The van der Waals surface area contributed by atoms with E-state index < -0.39 is 5.97 Å². The zero-order valence-corrected chi connectivity index (χ0v) is 11.4. The van der Waals surface area contributed by atoms with E-state index in [1.165, 1.54) is 12.8 Å². The van der Waals surface area contributed by atoms with Crippen LogP contribution < -0.4 is 0 Å². The molecule has 0 aliphatic heterocycles. The molecule has 0 saturated heterocycles. The molecule has 0 rings (SSSR count). The van der Waals surface area contributed by atoms with Gasteiger partial charge in [0.25, 0.3) is 0 Å². The predicted octanol–water partition coefficient (Wildman–Crippen LogP) is 2.56. The van der Waals surface area contributed by atoms with Gasteiger partial charge in [0, 0.05) is 0 Å². The summed E-state index contributed by atoms with van der Waals surface area (Å²) in [5.74, 6) is -0.427. The Bertz CT molecular complexity index is 229. The smallest absolute Gasteiger partial charge is 0.315 e. The third kappa shape index (κ3) is 13.2. The van der Waals surface area contributed by atoms with Crippen LogP contribution in [0.4, 0.5) is 0 Å². The highest BCUT2D eigenvalue weighted by atomic mass is 32.2. The van der Waals surface area contributed by atoms with Crippen molar-refractivity contribution in [3.63, 3.8) is 0 Å². The summed E-state index contributed by atoms with van der Waals surface area (Å²) in [6.45, 7) is 4.84. The van der Waals surface area contributed by atoms with Gasteiger partial charge in [0.1, 0.15) is 0 Å². The maximum absolute atomic E-state index is 11.1. The average molecular weight is 262 g/mol. The maximum atomic E-state index is 11.1. The van der Waals surface area contributed by atoms with E-state index in [-0.39, 0.29) is 17.5 Å². The number of thioether (sulfide) groups is 1. The fraction of sp³-hybridized carbons (Fsp3) is 0.833. The Hall–Kier alpha value is -0.710. The van der Waals surface area contributed by atoms with Crippen LogP contribution >= 0.6 is 11.8 Å². The standard InChI is InChI=1S/C12H22O4S/c1-10(2)6-4-3-5-7-16-12(15)9-17-8-11(13)14/h10H,3-9H2,1-2H3,(H,13,14). The van der Waals surface area contributed by atoms with Gasteiger partial charge in [-0.3, -0.25) is 9.59 Å². The van der Waals surface area contributed by atoms with Gasteiger partial charge in [-0.05, 0) is 12.3 Å². The van der Waals surface area contributed by atoms with Gasteiger partial charge in [-0.2, -0.15) is 0 Å². The lowest BCUT2D eigenvalue weighted by atomic mass is 10.1. The number of rotatable bonds is 10. The molecule has 0 amide bonds. The molecule has 100 valence electrons.